The summed E-state index contributed by atoms with van der Waals surface area (Å²) in [7, 11) is 0. The van der Waals surface area contributed by atoms with Crippen molar-refractivity contribution in [3.05, 3.63) is 35.8 Å². The number of allylic oxidation sites excluding steroid dienone is 2. The first-order chi connectivity index (χ1) is 8.75. The molecule has 0 bridgehead atoms. The van der Waals surface area contributed by atoms with E-state index in [0.29, 0.717) is 5.65 Å². The van der Waals surface area contributed by atoms with Crippen molar-refractivity contribution in [1.29, 1.82) is 0 Å². The average molecular weight is 243 g/mol. The molecule has 0 unspecified atom stereocenters. The number of aromatic nitrogens is 3. The highest BCUT2D eigenvalue weighted by atomic mass is 16.4. The lowest BCUT2D eigenvalue weighted by atomic mass is 9.97. The fourth-order valence-corrected chi connectivity index (χ4v) is 2.27. The van der Waals surface area contributed by atoms with Crippen LogP contribution in [0.1, 0.15) is 41.7 Å². The summed E-state index contributed by atoms with van der Waals surface area (Å²) in [6.07, 6.45) is 9.78. The van der Waals surface area contributed by atoms with Gasteiger partial charge in [-0.05, 0) is 37.3 Å². The van der Waals surface area contributed by atoms with Crippen LogP contribution in [0.3, 0.4) is 0 Å². The van der Waals surface area contributed by atoms with Crippen LogP contribution in [0.4, 0.5) is 0 Å². The first-order valence-electron chi connectivity index (χ1n) is 6.03. The molecule has 92 valence electrons. The van der Waals surface area contributed by atoms with Crippen LogP contribution in [-0.4, -0.2) is 25.7 Å². The van der Waals surface area contributed by atoms with Crippen LogP contribution < -0.4 is 0 Å². The smallest absolute Gasteiger partial charge is 0.341 e. The quantitative estimate of drug-likeness (QED) is 0.879. The number of hydrogen-bond donors (Lipinski definition) is 1. The molecular weight excluding hydrogens is 230 g/mol. The van der Waals surface area contributed by atoms with Crippen LogP contribution in [0.15, 0.2) is 24.5 Å². The zero-order valence-electron chi connectivity index (χ0n) is 9.83. The second-order valence-corrected chi connectivity index (χ2v) is 4.42. The molecule has 2 aromatic rings. The van der Waals surface area contributed by atoms with Crippen molar-refractivity contribution in [1.82, 2.24) is 14.6 Å². The molecule has 0 radical (unpaired) electrons. The number of carbonyl (C=O) groups is 1. The normalized spacial score (nSPS) is 15.7. The second-order valence-electron chi connectivity index (χ2n) is 4.42. The molecule has 0 spiro atoms. The molecule has 2 heterocycles. The lowest BCUT2D eigenvalue weighted by Gasteiger charge is -2.11. The van der Waals surface area contributed by atoms with E-state index in [0.717, 1.165) is 18.5 Å². The van der Waals surface area contributed by atoms with E-state index in [1.807, 2.05) is 6.07 Å². The first kappa shape index (κ1) is 11.0. The molecular formula is C13H13N3O2. The third kappa shape index (κ3) is 1.77. The van der Waals surface area contributed by atoms with E-state index in [-0.39, 0.29) is 5.56 Å². The minimum Gasteiger partial charge on any atom is -0.477 e. The number of hydrogen-bond acceptors (Lipinski definition) is 3. The molecule has 0 aliphatic heterocycles. The molecule has 2 aromatic heterocycles. The van der Waals surface area contributed by atoms with Gasteiger partial charge in [-0.25, -0.2) is 14.3 Å². The standard InChI is InChI=1S/C13H13N3O2/c17-13(18)10-8-14-16-7-6-11(15-12(10)16)9-4-2-1-3-5-9/h4,6-8H,1-3,5H2,(H,17,18). The maximum atomic E-state index is 11.1. The number of fused-ring (bicyclic) bond motifs is 1. The molecule has 1 aliphatic carbocycles. The summed E-state index contributed by atoms with van der Waals surface area (Å²) in [4.78, 5) is 15.5. The first-order valence-corrected chi connectivity index (χ1v) is 6.03. The van der Waals surface area contributed by atoms with Crippen molar-refractivity contribution >= 4 is 17.2 Å². The summed E-state index contributed by atoms with van der Waals surface area (Å²) in [6, 6.07) is 1.89. The minimum atomic E-state index is -0.993. The Morgan fingerprint density at radius 3 is 3.00 bits per heavy atom. The molecule has 5 nitrogen and oxygen atoms in total. The third-order valence-corrected chi connectivity index (χ3v) is 3.22. The predicted octanol–water partition coefficient (Wildman–Crippen LogP) is 2.38. The fraction of sp³-hybridized carbons (Fsp3) is 0.308. The van der Waals surface area contributed by atoms with E-state index in [4.69, 9.17) is 5.11 Å². The molecule has 5 heteroatoms. The summed E-state index contributed by atoms with van der Waals surface area (Å²) in [6.45, 7) is 0. The van der Waals surface area contributed by atoms with Crippen molar-refractivity contribution in [2.45, 2.75) is 25.7 Å². The van der Waals surface area contributed by atoms with Crippen LogP contribution in [0.25, 0.3) is 11.2 Å². The fourth-order valence-electron chi connectivity index (χ4n) is 2.27. The maximum Gasteiger partial charge on any atom is 0.341 e. The number of nitrogens with zero attached hydrogens (tertiary/aromatic N) is 3. The highest BCUT2D eigenvalue weighted by Gasteiger charge is 2.14. The average Bonchev–Trinajstić information content (AvgIpc) is 2.82. The highest BCUT2D eigenvalue weighted by molar-refractivity contribution is 5.94. The Labute approximate surface area is 104 Å². The number of rotatable bonds is 2. The Morgan fingerprint density at radius 2 is 2.28 bits per heavy atom. The van der Waals surface area contributed by atoms with Crippen molar-refractivity contribution in [2.24, 2.45) is 0 Å². The Morgan fingerprint density at radius 1 is 1.39 bits per heavy atom. The van der Waals surface area contributed by atoms with Gasteiger partial charge in [-0.3, -0.25) is 0 Å². The van der Waals surface area contributed by atoms with Crippen LogP contribution in [0.5, 0.6) is 0 Å². The molecule has 0 saturated heterocycles. The van der Waals surface area contributed by atoms with Gasteiger partial charge in [-0.2, -0.15) is 5.10 Å². The second kappa shape index (κ2) is 4.25. The van der Waals surface area contributed by atoms with Gasteiger partial charge in [-0.15, -0.1) is 0 Å². The van der Waals surface area contributed by atoms with E-state index in [2.05, 4.69) is 16.2 Å². The molecule has 1 aliphatic rings. The van der Waals surface area contributed by atoms with Gasteiger partial charge < -0.3 is 5.11 Å². The van der Waals surface area contributed by atoms with Crippen LogP contribution in [-0.2, 0) is 0 Å². The number of carboxylic acids is 1. The van der Waals surface area contributed by atoms with Crippen molar-refractivity contribution < 1.29 is 9.90 Å². The largest absolute Gasteiger partial charge is 0.477 e. The Balaban J connectivity index is 2.11. The molecule has 0 amide bonds. The van der Waals surface area contributed by atoms with Crippen molar-refractivity contribution in [3.8, 4) is 0 Å². The minimum absolute atomic E-state index is 0.147. The van der Waals surface area contributed by atoms with Crippen LogP contribution in [0.2, 0.25) is 0 Å². The summed E-state index contributed by atoms with van der Waals surface area (Å²) >= 11 is 0. The van der Waals surface area contributed by atoms with Crippen molar-refractivity contribution in [2.75, 3.05) is 0 Å². The van der Waals surface area contributed by atoms with Gasteiger partial charge in [-0.1, -0.05) is 6.08 Å². The summed E-state index contributed by atoms with van der Waals surface area (Å²) in [5, 5.41) is 13.0. The van der Waals surface area contributed by atoms with Gasteiger partial charge in [0.05, 0.1) is 11.9 Å². The zero-order chi connectivity index (χ0) is 12.5. The lowest BCUT2D eigenvalue weighted by Crippen LogP contribution is -2.01. The Hall–Kier alpha value is -2.17. The lowest BCUT2D eigenvalue weighted by molar-refractivity contribution is 0.0699. The maximum absolute atomic E-state index is 11.1. The van der Waals surface area contributed by atoms with Crippen LogP contribution >= 0.6 is 0 Å². The summed E-state index contributed by atoms with van der Waals surface area (Å²) < 4.78 is 1.50. The molecule has 0 aromatic carbocycles. The van der Waals surface area contributed by atoms with E-state index in [1.165, 1.54) is 29.1 Å². The summed E-state index contributed by atoms with van der Waals surface area (Å²) in [5.74, 6) is -0.993. The molecule has 3 rings (SSSR count). The van der Waals surface area contributed by atoms with Gasteiger partial charge in [0.2, 0.25) is 0 Å². The van der Waals surface area contributed by atoms with Crippen molar-refractivity contribution in [3.63, 3.8) is 0 Å². The SMILES string of the molecule is O=C(O)c1cnn2ccc(C3=CCCCC3)nc12. The van der Waals surface area contributed by atoms with Gasteiger partial charge >= 0.3 is 5.97 Å². The van der Waals surface area contributed by atoms with E-state index in [9.17, 15) is 4.79 Å². The summed E-state index contributed by atoms with van der Waals surface area (Å²) in [5.41, 5.74) is 2.63. The number of aromatic carboxylic acids is 1. The van der Waals surface area contributed by atoms with Crippen LogP contribution in [0, 0.1) is 0 Å². The predicted molar refractivity (Wildman–Crippen MR) is 66.4 cm³/mol. The third-order valence-electron chi connectivity index (χ3n) is 3.22. The topological polar surface area (TPSA) is 67.5 Å². The Kier molecular flexibility index (Phi) is 2.59. The molecule has 0 saturated carbocycles. The van der Waals surface area contributed by atoms with E-state index in [1.54, 1.807) is 6.20 Å². The van der Waals surface area contributed by atoms with Gasteiger partial charge in [0.25, 0.3) is 0 Å². The molecule has 18 heavy (non-hydrogen) atoms. The monoisotopic (exact) mass is 243 g/mol. The zero-order valence-corrected chi connectivity index (χ0v) is 9.83. The number of carboxylic acid groups (broad SMARTS) is 1. The van der Waals surface area contributed by atoms with Gasteiger partial charge in [0, 0.05) is 6.20 Å². The van der Waals surface area contributed by atoms with Gasteiger partial charge in [0.1, 0.15) is 5.56 Å². The molecule has 0 atom stereocenters. The van der Waals surface area contributed by atoms with E-state index >= 15 is 0 Å². The Bertz CT molecular complexity index is 643. The molecule has 0 fully saturated rings. The molecule has 1 N–H and O–H groups in total. The van der Waals surface area contributed by atoms with Gasteiger partial charge in [0.15, 0.2) is 5.65 Å². The highest BCUT2D eigenvalue weighted by Crippen LogP contribution is 2.25. The van der Waals surface area contributed by atoms with E-state index < -0.39 is 5.97 Å².